The van der Waals surface area contributed by atoms with Gasteiger partial charge in [0.25, 0.3) is 5.91 Å². The van der Waals surface area contributed by atoms with Gasteiger partial charge in [0.2, 0.25) is 5.91 Å². The first-order valence-electron chi connectivity index (χ1n) is 8.41. The van der Waals surface area contributed by atoms with E-state index < -0.39 is 17.8 Å². The van der Waals surface area contributed by atoms with E-state index in [0.717, 1.165) is 23.2 Å². The fourth-order valence-electron chi connectivity index (χ4n) is 3.17. The van der Waals surface area contributed by atoms with E-state index in [9.17, 15) is 14.0 Å². The highest BCUT2D eigenvalue weighted by Crippen LogP contribution is 2.24. The lowest BCUT2D eigenvalue weighted by Gasteiger charge is -2.24. The zero-order chi connectivity index (χ0) is 18.0. The second kappa shape index (κ2) is 7.05. The van der Waals surface area contributed by atoms with Gasteiger partial charge in [-0.1, -0.05) is 24.3 Å². The molecule has 5 heteroatoms. The molecule has 1 fully saturated rings. The van der Waals surface area contributed by atoms with Crippen LogP contribution in [-0.4, -0.2) is 29.3 Å². The summed E-state index contributed by atoms with van der Waals surface area (Å²) in [4.78, 5) is 26.8. The first-order valence-corrected chi connectivity index (χ1v) is 8.41. The highest BCUT2D eigenvalue weighted by Gasteiger charge is 2.35. The number of nitrogens with zero attached hydrogens (tertiary/aromatic N) is 1. The summed E-state index contributed by atoms with van der Waals surface area (Å²) >= 11 is 0. The van der Waals surface area contributed by atoms with Gasteiger partial charge in [-0.3, -0.25) is 9.59 Å². The van der Waals surface area contributed by atoms with Crippen molar-refractivity contribution in [2.45, 2.75) is 32.7 Å². The Kier molecular flexibility index (Phi) is 4.83. The number of halogens is 1. The van der Waals surface area contributed by atoms with Crippen LogP contribution in [0.4, 0.5) is 10.1 Å². The average Bonchev–Trinajstić information content (AvgIpc) is 3.08. The van der Waals surface area contributed by atoms with Crippen molar-refractivity contribution in [1.82, 2.24) is 4.90 Å². The van der Waals surface area contributed by atoms with Crippen LogP contribution in [0.2, 0.25) is 0 Å². The number of aryl methyl sites for hydroxylation is 1. The number of hydrogen-bond acceptors (Lipinski definition) is 2. The van der Waals surface area contributed by atoms with Crippen LogP contribution in [0.5, 0.6) is 0 Å². The summed E-state index contributed by atoms with van der Waals surface area (Å²) < 4.78 is 13.9. The second-order valence-electron chi connectivity index (χ2n) is 6.37. The fourth-order valence-corrected chi connectivity index (χ4v) is 3.17. The lowest BCUT2D eigenvalue weighted by Crippen LogP contribution is -2.43. The maximum atomic E-state index is 13.9. The van der Waals surface area contributed by atoms with E-state index in [0.29, 0.717) is 13.0 Å². The molecule has 4 nitrogen and oxygen atoms in total. The van der Waals surface area contributed by atoms with E-state index in [1.165, 1.54) is 17.0 Å². The Morgan fingerprint density at radius 1 is 1.12 bits per heavy atom. The molecule has 0 bridgehead atoms. The van der Waals surface area contributed by atoms with Crippen molar-refractivity contribution < 1.29 is 14.0 Å². The second-order valence-corrected chi connectivity index (χ2v) is 6.37. The van der Waals surface area contributed by atoms with Crippen molar-refractivity contribution in [2.24, 2.45) is 0 Å². The lowest BCUT2D eigenvalue weighted by molar-refractivity contribution is -0.119. The van der Waals surface area contributed by atoms with E-state index >= 15 is 0 Å². The molecular weight excluding hydrogens is 319 g/mol. The van der Waals surface area contributed by atoms with Crippen LogP contribution in [0.25, 0.3) is 0 Å². The van der Waals surface area contributed by atoms with Crippen LogP contribution in [0.1, 0.15) is 34.3 Å². The molecule has 1 aliphatic heterocycles. The first-order chi connectivity index (χ1) is 12.0. The quantitative estimate of drug-likeness (QED) is 0.926. The maximum Gasteiger partial charge on any atom is 0.257 e. The fraction of sp³-hybridized carbons (Fsp3) is 0.300. The van der Waals surface area contributed by atoms with Gasteiger partial charge in [-0.15, -0.1) is 0 Å². The van der Waals surface area contributed by atoms with Crippen molar-refractivity contribution in [2.75, 3.05) is 11.9 Å². The van der Waals surface area contributed by atoms with E-state index in [-0.39, 0.29) is 11.5 Å². The molecule has 1 saturated heterocycles. The molecule has 1 N–H and O–H groups in total. The highest BCUT2D eigenvalue weighted by molar-refractivity contribution is 6.02. The predicted octanol–water partition coefficient (Wildman–Crippen LogP) is 3.69. The normalized spacial score (nSPS) is 16.8. The van der Waals surface area contributed by atoms with E-state index in [1.54, 1.807) is 12.1 Å². The minimum Gasteiger partial charge on any atom is -0.327 e. The third-order valence-electron chi connectivity index (χ3n) is 4.78. The summed E-state index contributed by atoms with van der Waals surface area (Å²) in [6, 6.07) is 11.0. The largest absolute Gasteiger partial charge is 0.327 e. The van der Waals surface area contributed by atoms with Crippen LogP contribution in [-0.2, 0) is 4.79 Å². The van der Waals surface area contributed by atoms with Crippen LogP contribution in [0.15, 0.2) is 42.5 Å². The van der Waals surface area contributed by atoms with Gasteiger partial charge in [0.15, 0.2) is 0 Å². The van der Waals surface area contributed by atoms with Gasteiger partial charge in [0.1, 0.15) is 11.9 Å². The van der Waals surface area contributed by atoms with Crippen molar-refractivity contribution in [3.05, 3.63) is 65.0 Å². The first kappa shape index (κ1) is 17.1. The van der Waals surface area contributed by atoms with Crippen molar-refractivity contribution in [3.8, 4) is 0 Å². The molecule has 2 aromatic rings. The maximum absolute atomic E-state index is 13.9. The van der Waals surface area contributed by atoms with Crippen molar-refractivity contribution >= 4 is 17.5 Å². The summed E-state index contributed by atoms with van der Waals surface area (Å²) in [5.74, 6) is -1.22. The van der Waals surface area contributed by atoms with E-state index in [4.69, 9.17) is 0 Å². The Labute approximate surface area is 146 Å². The minimum absolute atomic E-state index is 0.00827. The zero-order valence-corrected chi connectivity index (χ0v) is 14.4. The van der Waals surface area contributed by atoms with Crippen molar-refractivity contribution in [1.29, 1.82) is 0 Å². The summed E-state index contributed by atoms with van der Waals surface area (Å²) in [5, 5.41) is 2.92. The number of hydrogen-bond donors (Lipinski definition) is 1. The SMILES string of the molecule is Cc1cccc(NC(=O)[C@H]2CCCN2C(=O)c2ccccc2F)c1C. The number of anilines is 1. The standard InChI is InChI=1S/C20H21FN2O2/c1-13-7-5-10-17(14(13)2)22-19(24)18-11-6-12-23(18)20(25)15-8-3-4-9-16(15)21/h3-5,7-10,18H,6,11-12H2,1-2H3,(H,22,24)/t18-/m1/s1. The topological polar surface area (TPSA) is 49.4 Å². The van der Waals surface area contributed by atoms with Gasteiger partial charge >= 0.3 is 0 Å². The molecule has 1 aliphatic rings. The third kappa shape index (κ3) is 3.40. The van der Waals surface area contributed by atoms with Crippen LogP contribution >= 0.6 is 0 Å². The summed E-state index contributed by atoms with van der Waals surface area (Å²) in [7, 11) is 0. The van der Waals surface area contributed by atoms with Gasteiger partial charge in [-0.05, 0) is 56.0 Å². The molecule has 0 spiro atoms. The van der Waals surface area contributed by atoms with Gasteiger partial charge < -0.3 is 10.2 Å². The summed E-state index contributed by atoms with van der Waals surface area (Å²) in [6.45, 7) is 4.38. The monoisotopic (exact) mass is 340 g/mol. The van der Waals surface area contributed by atoms with Gasteiger partial charge in [0.05, 0.1) is 5.56 Å². The van der Waals surface area contributed by atoms with Gasteiger partial charge in [0, 0.05) is 12.2 Å². The number of likely N-dealkylation sites (tertiary alicyclic amines) is 1. The average molecular weight is 340 g/mol. The van der Waals surface area contributed by atoms with Gasteiger partial charge in [-0.25, -0.2) is 4.39 Å². The number of nitrogens with one attached hydrogen (secondary N) is 1. The molecule has 2 amide bonds. The molecular formula is C20H21FN2O2. The molecule has 130 valence electrons. The Morgan fingerprint density at radius 3 is 2.64 bits per heavy atom. The molecule has 0 unspecified atom stereocenters. The number of carbonyl (C=O) groups excluding carboxylic acids is 2. The number of benzene rings is 2. The molecule has 3 rings (SSSR count). The molecule has 0 radical (unpaired) electrons. The zero-order valence-electron chi connectivity index (χ0n) is 14.4. The van der Waals surface area contributed by atoms with Crippen molar-refractivity contribution in [3.63, 3.8) is 0 Å². The molecule has 2 aromatic carbocycles. The Morgan fingerprint density at radius 2 is 1.88 bits per heavy atom. The number of carbonyl (C=O) groups is 2. The number of amides is 2. The molecule has 0 saturated carbocycles. The van der Waals surface area contributed by atoms with E-state index in [2.05, 4.69) is 5.32 Å². The molecule has 1 atom stereocenters. The van der Waals surface area contributed by atoms with Crippen LogP contribution in [0, 0.1) is 19.7 Å². The van der Waals surface area contributed by atoms with Crippen LogP contribution < -0.4 is 5.32 Å². The highest BCUT2D eigenvalue weighted by atomic mass is 19.1. The molecule has 0 aromatic heterocycles. The number of rotatable bonds is 3. The van der Waals surface area contributed by atoms with Crippen LogP contribution in [0.3, 0.4) is 0 Å². The van der Waals surface area contributed by atoms with Gasteiger partial charge in [-0.2, -0.15) is 0 Å². The minimum atomic E-state index is -0.577. The lowest BCUT2D eigenvalue weighted by atomic mass is 10.1. The summed E-state index contributed by atoms with van der Waals surface area (Å²) in [5.41, 5.74) is 2.84. The molecule has 25 heavy (non-hydrogen) atoms. The third-order valence-corrected chi connectivity index (χ3v) is 4.78. The van der Waals surface area contributed by atoms with E-state index in [1.807, 2.05) is 32.0 Å². The smallest absolute Gasteiger partial charge is 0.257 e. The predicted molar refractivity (Wildman–Crippen MR) is 95.0 cm³/mol. The molecule has 1 heterocycles. The molecule has 0 aliphatic carbocycles. The Balaban J connectivity index is 1.79. The Hall–Kier alpha value is -2.69. The summed E-state index contributed by atoms with van der Waals surface area (Å²) in [6.07, 6.45) is 1.31. The Bertz CT molecular complexity index is 819.